The monoisotopic (exact) mass is 261 g/mol. The largest absolute Gasteiger partial charge is 0.359 e. The molecule has 3 nitrogen and oxygen atoms in total. The van der Waals surface area contributed by atoms with Crippen molar-refractivity contribution < 1.29 is 8.78 Å². The average molecular weight is 261 g/mol. The minimum absolute atomic E-state index is 0.0264. The normalized spacial score (nSPS) is 21.2. The van der Waals surface area contributed by atoms with E-state index in [2.05, 4.69) is 10.3 Å². The topological polar surface area (TPSA) is 50.9 Å². The maximum absolute atomic E-state index is 13.6. The van der Waals surface area contributed by atoms with Crippen LogP contribution in [0.15, 0.2) is 36.5 Å². The van der Waals surface area contributed by atoms with Crippen LogP contribution in [0.4, 0.5) is 14.6 Å². The van der Waals surface area contributed by atoms with Crippen molar-refractivity contribution in [3.05, 3.63) is 59.3 Å². The van der Waals surface area contributed by atoms with Crippen LogP contribution >= 0.6 is 0 Å². The van der Waals surface area contributed by atoms with E-state index in [1.165, 1.54) is 0 Å². The summed E-state index contributed by atoms with van der Waals surface area (Å²) in [6, 6.07) is 8.28. The fraction of sp³-hybridized carbons (Fsp3) is 0.214. The standard InChI is InChI=1S/C14H13F2N3/c15-9-6-11(16)14(18-7-9)19-13-10-4-2-1-3-8(10)5-12(13)17/h1-4,6-7,12-13H,5,17H2,(H,18,19). The molecular weight excluding hydrogens is 248 g/mol. The molecule has 2 atom stereocenters. The molecule has 1 aromatic carbocycles. The smallest absolute Gasteiger partial charge is 0.168 e. The zero-order valence-electron chi connectivity index (χ0n) is 10.1. The number of aromatic nitrogens is 1. The van der Waals surface area contributed by atoms with E-state index in [0.29, 0.717) is 0 Å². The van der Waals surface area contributed by atoms with Gasteiger partial charge in [0.1, 0.15) is 5.82 Å². The summed E-state index contributed by atoms with van der Waals surface area (Å²) < 4.78 is 26.4. The number of anilines is 1. The average Bonchev–Trinajstić information content (AvgIpc) is 2.69. The molecule has 19 heavy (non-hydrogen) atoms. The van der Waals surface area contributed by atoms with Crippen LogP contribution in [0.3, 0.4) is 0 Å². The first-order chi connectivity index (χ1) is 9.15. The van der Waals surface area contributed by atoms with E-state index in [4.69, 9.17) is 5.73 Å². The van der Waals surface area contributed by atoms with Gasteiger partial charge in [-0.25, -0.2) is 13.8 Å². The Bertz CT molecular complexity index is 615. The van der Waals surface area contributed by atoms with Crippen LogP contribution in [0, 0.1) is 11.6 Å². The molecule has 98 valence electrons. The van der Waals surface area contributed by atoms with E-state index >= 15 is 0 Å². The highest BCUT2D eigenvalue weighted by Crippen LogP contribution is 2.33. The molecule has 0 saturated carbocycles. The Hall–Kier alpha value is -2.01. The lowest BCUT2D eigenvalue weighted by molar-refractivity contribution is 0.566. The summed E-state index contributed by atoms with van der Waals surface area (Å²) in [5, 5.41) is 2.96. The number of benzene rings is 1. The highest BCUT2D eigenvalue weighted by atomic mass is 19.1. The summed E-state index contributed by atoms with van der Waals surface area (Å²) in [7, 11) is 0. The van der Waals surface area contributed by atoms with Gasteiger partial charge in [-0.1, -0.05) is 24.3 Å². The molecule has 0 saturated heterocycles. The number of nitrogens with two attached hydrogens (primary N) is 1. The van der Waals surface area contributed by atoms with Crippen molar-refractivity contribution in [3.8, 4) is 0 Å². The van der Waals surface area contributed by atoms with Crippen LogP contribution in [0.25, 0.3) is 0 Å². The number of hydrogen-bond donors (Lipinski definition) is 2. The molecule has 2 unspecified atom stereocenters. The van der Waals surface area contributed by atoms with Gasteiger partial charge in [0.15, 0.2) is 11.6 Å². The molecule has 0 amide bonds. The molecular formula is C14H13F2N3. The highest BCUT2D eigenvalue weighted by molar-refractivity contribution is 5.46. The van der Waals surface area contributed by atoms with Crippen LogP contribution in [0.1, 0.15) is 17.2 Å². The number of fused-ring (bicyclic) bond motifs is 1. The summed E-state index contributed by atoms with van der Waals surface area (Å²) >= 11 is 0. The molecule has 1 heterocycles. The van der Waals surface area contributed by atoms with Gasteiger partial charge < -0.3 is 11.1 Å². The van der Waals surface area contributed by atoms with E-state index in [0.717, 1.165) is 29.8 Å². The van der Waals surface area contributed by atoms with Gasteiger partial charge in [0, 0.05) is 12.1 Å². The second-order valence-electron chi connectivity index (χ2n) is 4.67. The predicted molar refractivity (Wildman–Crippen MR) is 68.6 cm³/mol. The number of nitrogens with one attached hydrogen (secondary N) is 1. The van der Waals surface area contributed by atoms with Crippen molar-refractivity contribution in [2.45, 2.75) is 18.5 Å². The van der Waals surface area contributed by atoms with Gasteiger partial charge in [0.05, 0.1) is 12.2 Å². The second kappa shape index (κ2) is 4.59. The summed E-state index contributed by atoms with van der Waals surface area (Å²) in [6.45, 7) is 0. The lowest BCUT2D eigenvalue weighted by Gasteiger charge is -2.19. The fourth-order valence-electron chi connectivity index (χ4n) is 2.48. The Morgan fingerprint density at radius 1 is 1.26 bits per heavy atom. The number of pyridine rings is 1. The van der Waals surface area contributed by atoms with Crippen molar-refractivity contribution in [2.75, 3.05) is 5.32 Å². The lowest BCUT2D eigenvalue weighted by atomic mass is 10.1. The van der Waals surface area contributed by atoms with Crippen LogP contribution in [0.5, 0.6) is 0 Å². The van der Waals surface area contributed by atoms with Crippen LogP contribution in [-0.4, -0.2) is 11.0 Å². The Morgan fingerprint density at radius 3 is 2.84 bits per heavy atom. The zero-order valence-corrected chi connectivity index (χ0v) is 10.1. The summed E-state index contributed by atoms with van der Waals surface area (Å²) in [6.07, 6.45) is 1.72. The summed E-state index contributed by atoms with van der Waals surface area (Å²) in [4.78, 5) is 3.73. The highest BCUT2D eigenvalue weighted by Gasteiger charge is 2.30. The zero-order chi connectivity index (χ0) is 13.4. The third kappa shape index (κ3) is 2.17. The molecule has 0 fully saturated rings. The Labute approximate surface area is 109 Å². The molecule has 1 aliphatic carbocycles. The third-order valence-corrected chi connectivity index (χ3v) is 3.37. The molecule has 5 heteroatoms. The lowest BCUT2D eigenvalue weighted by Crippen LogP contribution is -2.30. The molecule has 1 aromatic heterocycles. The van der Waals surface area contributed by atoms with Gasteiger partial charge in [0.2, 0.25) is 0 Å². The van der Waals surface area contributed by atoms with Gasteiger partial charge in [-0.15, -0.1) is 0 Å². The van der Waals surface area contributed by atoms with E-state index in [9.17, 15) is 8.78 Å². The van der Waals surface area contributed by atoms with E-state index in [1.807, 2.05) is 24.3 Å². The predicted octanol–water partition coefficient (Wildman–Crippen LogP) is 2.40. The fourth-order valence-corrected chi connectivity index (χ4v) is 2.48. The van der Waals surface area contributed by atoms with Gasteiger partial charge in [-0.2, -0.15) is 0 Å². The molecule has 0 spiro atoms. The van der Waals surface area contributed by atoms with Crippen molar-refractivity contribution in [3.63, 3.8) is 0 Å². The maximum Gasteiger partial charge on any atom is 0.168 e. The summed E-state index contributed by atoms with van der Waals surface area (Å²) in [5.74, 6) is -1.38. The van der Waals surface area contributed by atoms with Crippen molar-refractivity contribution >= 4 is 5.82 Å². The molecule has 3 N–H and O–H groups in total. The molecule has 2 aromatic rings. The first-order valence-electron chi connectivity index (χ1n) is 6.06. The number of halogens is 2. The van der Waals surface area contributed by atoms with Gasteiger partial charge in [-0.3, -0.25) is 0 Å². The van der Waals surface area contributed by atoms with Crippen LogP contribution in [0.2, 0.25) is 0 Å². The number of nitrogens with zero attached hydrogens (tertiary/aromatic N) is 1. The first-order valence-corrected chi connectivity index (χ1v) is 6.06. The van der Waals surface area contributed by atoms with Crippen LogP contribution < -0.4 is 11.1 Å². The summed E-state index contributed by atoms with van der Waals surface area (Å²) in [5.41, 5.74) is 8.26. The SMILES string of the molecule is NC1Cc2ccccc2C1Nc1ncc(F)cc1F. The second-order valence-corrected chi connectivity index (χ2v) is 4.67. The van der Waals surface area contributed by atoms with E-state index in [-0.39, 0.29) is 17.9 Å². The quantitative estimate of drug-likeness (QED) is 0.872. The van der Waals surface area contributed by atoms with Gasteiger partial charge >= 0.3 is 0 Å². The Balaban J connectivity index is 1.91. The Kier molecular flexibility index (Phi) is 2.91. The van der Waals surface area contributed by atoms with Gasteiger partial charge in [0.25, 0.3) is 0 Å². The molecule has 0 bridgehead atoms. The minimum Gasteiger partial charge on any atom is -0.359 e. The molecule has 1 aliphatic rings. The van der Waals surface area contributed by atoms with Crippen molar-refractivity contribution in [2.24, 2.45) is 5.73 Å². The molecule has 0 aliphatic heterocycles. The third-order valence-electron chi connectivity index (χ3n) is 3.37. The number of hydrogen-bond acceptors (Lipinski definition) is 3. The first kappa shape index (κ1) is 12.0. The Morgan fingerprint density at radius 2 is 2.05 bits per heavy atom. The number of rotatable bonds is 2. The van der Waals surface area contributed by atoms with Crippen molar-refractivity contribution in [1.82, 2.24) is 4.98 Å². The molecule has 3 rings (SSSR count). The van der Waals surface area contributed by atoms with Crippen molar-refractivity contribution in [1.29, 1.82) is 0 Å². The van der Waals surface area contributed by atoms with E-state index in [1.54, 1.807) is 0 Å². The minimum atomic E-state index is -0.711. The van der Waals surface area contributed by atoms with E-state index < -0.39 is 11.6 Å². The maximum atomic E-state index is 13.6. The molecule has 0 radical (unpaired) electrons. The van der Waals surface area contributed by atoms with Gasteiger partial charge in [-0.05, 0) is 17.5 Å². The van der Waals surface area contributed by atoms with Crippen LogP contribution in [-0.2, 0) is 6.42 Å².